The van der Waals surface area contributed by atoms with E-state index < -0.39 is 11.7 Å². The van der Waals surface area contributed by atoms with Crippen molar-refractivity contribution in [3.05, 3.63) is 90.0 Å². The summed E-state index contributed by atoms with van der Waals surface area (Å²) in [6.07, 6.45) is 1.40. The Hall–Kier alpha value is -3.54. The molecular weight excluding hydrogens is 333 g/mol. The van der Waals surface area contributed by atoms with Gasteiger partial charge in [-0.25, -0.2) is 4.39 Å². The smallest absolute Gasteiger partial charge is 0.274 e. The average molecular weight is 349 g/mol. The molecular formula is C20H16FN3O2. The Morgan fingerprint density at radius 3 is 2.50 bits per heavy atom. The van der Waals surface area contributed by atoms with Gasteiger partial charge in [-0.05, 0) is 42.5 Å². The van der Waals surface area contributed by atoms with Crippen LogP contribution in [0.4, 0.5) is 15.8 Å². The Kier molecular flexibility index (Phi) is 5.03. The standard InChI is InChI=1S/C20H16FN3O2/c1-24(17-8-3-2-4-9-17)20(26)14-10-11-22-18(12-14)19(25)23-16-7-5-6-15(21)13-16/h2-13H,1H3,(H,23,25). The van der Waals surface area contributed by atoms with E-state index in [1.54, 1.807) is 19.2 Å². The highest BCUT2D eigenvalue weighted by molar-refractivity contribution is 6.08. The SMILES string of the molecule is CN(C(=O)c1ccnc(C(=O)Nc2cccc(F)c2)c1)c1ccccc1. The number of aromatic nitrogens is 1. The predicted octanol–water partition coefficient (Wildman–Crippen LogP) is 3.75. The van der Waals surface area contributed by atoms with Gasteiger partial charge in [0.25, 0.3) is 11.8 Å². The second-order valence-electron chi connectivity index (χ2n) is 5.59. The molecule has 0 radical (unpaired) electrons. The molecule has 0 bridgehead atoms. The number of anilines is 2. The number of nitrogens with one attached hydrogen (secondary N) is 1. The minimum atomic E-state index is -0.521. The molecule has 2 amide bonds. The molecule has 3 rings (SSSR count). The van der Waals surface area contributed by atoms with Gasteiger partial charge in [0.2, 0.25) is 0 Å². The normalized spacial score (nSPS) is 10.2. The molecule has 5 nitrogen and oxygen atoms in total. The van der Waals surface area contributed by atoms with Gasteiger partial charge in [0, 0.05) is 30.2 Å². The van der Waals surface area contributed by atoms with Crippen LogP contribution >= 0.6 is 0 Å². The van der Waals surface area contributed by atoms with Crippen LogP contribution in [-0.4, -0.2) is 23.8 Å². The molecule has 6 heteroatoms. The average Bonchev–Trinajstić information content (AvgIpc) is 2.67. The number of amides is 2. The van der Waals surface area contributed by atoms with Gasteiger partial charge in [-0.1, -0.05) is 24.3 Å². The summed E-state index contributed by atoms with van der Waals surface area (Å²) in [6.45, 7) is 0. The second-order valence-corrected chi connectivity index (χ2v) is 5.59. The topological polar surface area (TPSA) is 62.3 Å². The molecule has 3 aromatic rings. The van der Waals surface area contributed by atoms with E-state index in [9.17, 15) is 14.0 Å². The van der Waals surface area contributed by atoms with Crippen molar-refractivity contribution in [2.24, 2.45) is 0 Å². The van der Waals surface area contributed by atoms with Crippen LogP contribution in [0.3, 0.4) is 0 Å². The van der Waals surface area contributed by atoms with Gasteiger partial charge < -0.3 is 10.2 Å². The first-order valence-electron chi connectivity index (χ1n) is 7.90. The predicted molar refractivity (Wildman–Crippen MR) is 97.8 cm³/mol. The molecule has 0 fully saturated rings. The molecule has 1 N–H and O–H groups in total. The van der Waals surface area contributed by atoms with Crippen molar-refractivity contribution >= 4 is 23.2 Å². The highest BCUT2D eigenvalue weighted by Gasteiger charge is 2.16. The fraction of sp³-hybridized carbons (Fsp3) is 0.0500. The van der Waals surface area contributed by atoms with Crippen molar-refractivity contribution in [2.45, 2.75) is 0 Å². The number of carbonyl (C=O) groups is 2. The maximum Gasteiger partial charge on any atom is 0.274 e. The third-order valence-corrected chi connectivity index (χ3v) is 3.77. The summed E-state index contributed by atoms with van der Waals surface area (Å²) in [5.41, 5.74) is 1.45. The van der Waals surface area contributed by atoms with E-state index in [0.29, 0.717) is 11.3 Å². The maximum absolute atomic E-state index is 13.2. The van der Waals surface area contributed by atoms with Gasteiger partial charge in [0.05, 0.1) is 0 Å². The number of rotatable bonds is 4. The lowest BCUT2D eigenvalue weighted by atomic mass is 10.2. The van der Waals surface area contributed by atoms with Crippen LogP contribution in [0.5, 0.6) is 0 Å². The monoisotopic (exact) mass is 349 g/mol. The third kappa shape index (κ3) is 3.92. The highest BCUT2D eigenvalue weighted by Crippen LogP contribution is 2.16. The summed E-state index contributed by atoms with van der Waals surface area (Å²) >= 11 is 0. The Bertz CT molecular complexity index is 945. The summed E-state index contributed by atoms with van der Waals surface area (Å²) in [5.74, 6) is -1.24. The van der Waals surface area contributed by atoms with E-state index in [-0.39, 0.29) is 11.6 Å². The second kappa shape index (κ2) is 7.57. The lowest BCUT2D eigenvalue weighted by Gasteiger charge is -2.17. The van der Waals surface area contributed by atoms with Gasteiger partial charge in [-0.2, -0.15) is 0 Å². The highest BCUT2D eigenvalue weighted by atomic mass is 19.1. The van der Waals surface area contributed by atoms with Crippen molar-refractivity contribution in [2.75, 3.05) is 17.3 Å². The lowest BCUT2D eigenvalue weighted by molar-refractivity contribution is 0.0993. The summed E-state index contributed by atoms with van der Waals surface area (Å²) in [5, 5.41) is 2.56. The minimum absolute atomic E-state index is 0.0709. The molecule has 130 valence electrons. The van der Waals surface area contributed by atoms with Gasteiger partial charge in [-0.3, -0.25) is 14.6 Å². The Morgan fingerprint density at radius 1 is 1.00 bits per heavy atom. The van der Waals surface area contributed by atoms with Crippen molar-refractivity contribution in [3.8, 4) is 0 Å². The van der Waals surface area contributed by atoms with Crippen LogP contribution in [0.15, 0.2) is 72.9 Å². The van der Waals surface area contributed by atoms with E-state index in [2.05, 4.69) is 10.3 Å². The molecule has 0 unspecified atom stereocenters. The molecule has 0 saturated heterocycles. The Labute approximate surface area is 150 Å². The number of pyridine rings is 1. The van der Waals surface area contributed by atoms with E-state index in [1.807, 2.05) is 30.3 Å². The van der Waals surface area contributed by atoms with Crippen LogP contribution in [0, 0.1) is 5.82 Å². The van der Waals surface area contributed by atoms with Crippen LogP contribution < -0.4 is 10.2 Å². The first-order chi connectivity index (χ1) is 12.5. The number of benzene rings is 2. The van der Waals surface area contributed by atoms with Crippen LogP contribution in [0.25, 0.3) is 0 Å². The number of nitrogens with zero attached hydrogens (tertiary/aromatic N) is 2. The van der Waals surface area contributed by atoms with Gasteiger partial charge >= 0.3 is 0 Å². The zero-order valence-electron chi connectivity index (χ0n) is 14.0. The first kappa shape index (κ1) is 17.3. The van der Waals surface area contributed by atoms with E-state index in [1.165, 1.54) is 35.4 Å². The first-order valence-corrected chi connectivity index (χ1v) is 7.90. The van der Waals surface area contributed by atoms with E-state index in [4.69, 9.17) is 0 Å². The van der Waals surface area contributed by atoms with Gasteiger partial charge in [0.1, 0.15) is 11.5 Å². The summed E-state index contributed by atoms with van der Waals surface area (Å²) in [7, 11) is 1.66. The number of hydrogen-bond acceptors (Lipinski definition) is 3. The van der Waals surface area contributed by atoms with Crippen molar-refractivity contribution < 1.29 is 14.0 Å². The van der Waals surface area contributed by atoms with Crippen molar-refractivity contribution in [3.63, 3.8) is 0 Å². The van der Waals surface area contributed by atoms with E-state index >= 15 is 0 Å². The Balaban J connectivity index is 1.79. The quantitative estimate of drug-likeness (QED) is 0.780. The molecule has 1 aromatic heterocycles. The third-order valence-electron chi connectivity index (χ3n) is 3.77. The molecule has 0 aliphatic carbocycles. The van der Waals surface area contributed by atoms with Crippen LogP contribution in [0.1, 0.15) is 20.8 Å². The number of carbonyl (C=O) groups excluding carboxylic acids is 2. The Morgan fingerprint density at radius 2 is 1.77 bits per heavy atom. The molecule has 0 aliphatic rings. The maximum atomic E-state index is 13.2. The summed E-state index contributed by atoms with van der Waals surface area (Å²) in [6, 6.07) is 17.7. The summed E-state index contributed by atoms with van der Waals surface area (Å²) < 4.78 is 13.2. The molecule has 0 spiro atoms. The fourth-order valence-corrected chi connectivity index (χ4v) is 2.41. The molecule has 0 atom stereocenters. The number of halogens is 1. The zero-order valence-corrected chi connectivity index (χ0v) is 14.0. The molecule has 26 heavy (non-hydrogen) atoms. The number of hydrogen-bond donors (Lipinski definition) is 1. The molecule has 1 heterocycles. The van der Waals surface area contributed by atoms with E-state index in [0.717, 1.165) is 5.69 Å². The van der Waals surface area contributed by atoms with Gasteiger partial charge in [0.15, 0.2) is 0 Å². The van der Waals surface area contributed by atoms with Crippen molar-refractivity contribution in [1.82, 2.24) is 4.98 Å². The largest absolute Gasteiger partial charge is 0.321 e. The summed E-state index contributed by atoms with van der Waals surface area (Å²) in [4.78, 5) is 30.4. The lowest BCUT2D eigenvalue weighted by Crippen LogP contribution is -2.26. The van der Waals surface area contributed by atoms with Crippen molar-refractivity contribution in [1.29, 1.82) is 0 Å². The van der Waals surface area contributed by atoms with Crippen LogP contribution in [0.2, 0.25) is 0 Å². The molecule has 2 aromatic carbocycles. The molecule has 0 aliphatic heterocycles. The fourth-order valence-electron chi connectivity index (χ4n) is 2.41. The number of para-hydroxylation sites is 1. The zero-order chi connectivity index (χ0) is 18.5. The van der Waals surface area contributed by atoms with Crippen LogP contribution in [-0.2, 0) is 0 Å². The molecule has 0 saturated carbocycles. The van der Waals surface area contributed by atoms with Gasteiger partial charge in [-0.15, -0.1) is 0 Å². The minimum Gasteiger partial charge on any atom is -0.321 e.